The number of hydrogen-bond acceptors (Lipinski definition) is 2. The molecule has 1 aliphatic rings. The molecule has 0 spiro atoms. The van der Waals surface area contributed by atoms with Crippen molar-refractivity contribution in [2.45, 2.75) is 25.2 Å². The first-order valence-electron chi connectivity index (χ1n) is 4.76. The van der Waals surface area contributed by atoms with E-state index in [-0.39, 0.29) is 11.2 Å². The van der Waals surface area contributed by atoms with Crippen molar-refractivity contribution in [3.05, 3.63) is 35.1 Å². The van der Waals surface area contributed by atoms with Gasteiger partial charge in [0.15, 0.2) is 0 Å². The zero-order chi connectivity index (χ0) is 10.2. The molecule has 0 bridgehead atoms. The van der Waals surface area contributed by atoms with Crippen molar-refractivity contribution in [3.8, 4) is 0 Å². The van der Waals surface area contributed by atoms with Crippen LogP contribution in [-0.2, 0) is 10.3 Å². The van der Waals surface area contributed by atoms with Crippen LogP contribution in [0.3, 0.4) is 0 Å². The summed E-state index contributed by atoms with van der Waals surface area (Å²) in [5, 5.41) is 0. The number of hydrogen-bond donors (Lipinski definition) is 1. The summed E-state index contributed by atoms with van der Waals surface area (Å²) in [5.41, 5.74) is 1.54. The van der Waals surface area contributed by atoms with E-state index in [1.807, 2.05) is 19.1 Å². The zero-order valence-corrected chi connectivity index (χ0v) is 8.22. The van der Waals surface area contributed by atoms with Crippen molar-refractivity contribution in [1.29, 1.82) is 0 Å². The Bertz CT molecular complexity index is 347. The van der Waals surface area contributed by atoms with Crippen molar-refractivity contribution in [2.75, 3.05) is 6.61 Å². The van der Waals surface area contributed by atoms with E-state index in [1.165, 1.54) is 0 Å². The van der Waals surface area contributed by atoms with Crippen molar-refractivity contribution >= 4 is 0 Å². The van der Waals surface area contributed by atoms with Crippen LogP contribution in [0.2, 0.25) is 0 Å². The number of aryl methyl sites for hydroxylation is 1. The minimum absolute atomic E-state index is 0.139. The molecule has 2 nitrogen and oxygen atoms in total. The van der Waals surface area contributed by atoms with Crippen LogP contribution < -0.4 is 5.90 Å². The highest BCUT2D eigenvalue weighted by Gasteiger charge is 2.46. The van der Waals surface area contributed by atoms with Crippen molar-refractivity contribution < 1.29 is 9.23 Å². The third kappa shape index (κ3) is 1.53. The van der Waals surface area contributed by atoms with Crippen LogP contribution in [0.25, 0.3) is 0 Å². The Morgan fingerprint density at radius 3 is 2.71 bits per heavy atom. The molecule has 2 rings (SSSR count). The van der Waals surface area contributed by atoms with Gasteiger partial charge < -0.3 is 4.84 Å². The average molecular weight is 195 g/mol. The zero-order valence-electron chi connectivity index (χ0n) is 8.22. The fraction of sp³-hybridized carbons (Fsp3) is 0.455. The fourth-order valence-electron chi connectivity index (χ4n) is 1.85. The Morgan fingerprint density at radius 1 is 1.50 bits per heavy atom. The van der Waals surface area contributed by atoms with E-state index < -0.39 is 0 Å². The molecule has 1 saturated carbocycles. The molecule has 0 aromatic heterocycles. The van der Waals surface area contributed by atoms with E-state index in [4.69, 9.17) is 5.90 Å². The molecule has 1 aliphatic carbocycles. The van der Waals surface area contributed by atoms with Gasteiger partial charge in [0.25, 0.3) is 0 Å². The molecule has 76 valence electrons. The van der Waals surface area contributed by atoms with Gasteiger partial charge in [0.1, 0.15) is 5.82 Å². The minimum Gasteiger partial charge on any atom is -0.304 e. The lowest BCUT2D eigenvalue weighted by molar-refractivity contribution is 0.115. The number of rotatable bonds is 3. The molecule has 3 heteroatoms. The third-order valence-corrected chi connectivity index (χ3v) is 2.91. The van der Waals surface area contributed by atoms with E-state index in [0.717, 1.165) is 24.0 Å². The Kier molecular flexibility index (Phi) is 2.29. The first-order valence-corrected chi connectivity index (χ1v) is 4.76. The van der Waals surface area contributed by atoms with Crippen LogP contribution in [0.4, 0.5) is 4.39 Å². The molecular formula is C11H14FNO. The summed E-state index contributed by atoms with van der Waals surface area (Å²) in [4.78, 5) is 4.64. The maximum Gasteiger partial charge on any atom is 0.127 e. The van der Waals surface area contributed by atoms with Gasteiger partial charge in [-0.15, -0.1) is 0 Å². The highest BCUT2D eigenvalue weighted by Crippen LogP contribution is 2.49. The van der Waals surface area contributed by atoms with E-state index in [9.17, 15) is 4.39 Å². The molecule has 0 radical (unpaired) electrons. The molecule has 0 saturated heterocycles. The fourth-order valence-corrected chi connectivity index (χ4v) is 1.85. The maximum absolute atomic E-state index is 13.6. The van der Waals surface area contributed by atoms with Gasteiger partial charge in [-0.1, -0.05) is 12.1 Å². The normalized spacial score (nSPS) is 18.2. The van der Waals surface area contributed by atoms with Crippen LogP contribution in [0.5, 0.6) is 0 Å². The Balaban J connectivity index is 2.32. The molecule has 1 aromatic rings. The molecule has 2 N–H and O–H groups in total. The lowest BCUT2D eigenvalue weighted by atomic mass is 9.95. The smallest absolute Gasteiger partial charge is 0.127 e. The Labute approximate surface area is 82.8 Å². The number of nitrogens with two attached hydrogens (primary N) is 1. The summed E-state index contributed by atoms with van der Waals surface area (Å²) in [6, 6.07) is 5.33. The van der Waals surface area contributed by atoms with Gasteiger partial charge in [0, 0.05) is 5.41 Å². The Hall–Kier alpha value is -0.930. The summed E-state index contributed by atoms with van der Waals surface area (Å²) >= 11 is 0. The first kappa shape index (κ1) is 9.62. The lowest BCUT2D eigenvalue weighted by Gasteiger charge is -2.14. The highest BCUT2D eigenvalue weighted by atomic mass is 19.1. The second-order valence-corrected chi connectivity index (χ2v) is 4.07. The van der Waals surface area contributed by atoms with Gasteiger partial charge in [0.05, 0.1) is 6.61 Å². The predicted octanol–water partition coefficient (Wildman–Crippen LogP) is 2.06. The summed E-state index contributed by atoms with van der Waals surface area (Å²) in [6.45, 7) is 2.29. The van der Waals surface area contributed by atoms with Gasteiger partial charge in [-0.25, -0.2) is 10.3 Å². The summed E-state index contributed by atoms with van der Waals surface area (Å²) in [7, 11) is 0. The number of halogens is 1. The molecule has 0 aliphatic heterocycles. The SMILES string of the molecule is Cc1ccc(C2(CON)CC2)c(F)c1. The average Bonchev–Trinajstić information content (AvgIpc) is 2.86. The molecule has 0 atom stereocenters. The Morgan fingerprint density at radius 2 is 2.21 bits per heavy atom. The third-order valence-electron chi connectivity index (χ3n) is 2.91. The molecule has 0 amide bonds. The number of benzene rings is 1. The predicted molar refractivity (Wildman–Crippen MR) is 52.2 cm³/mol. The minimum atomic E-state index is -0.146. The topological polar surface area (TPSA) is 35.2 Å². The molecule has 1 aromatic carbocycles. The van der Waals surface area contributed by atoms with Gasteiger partial charge >= 0.3 is 0 Å². The van der Waals surface area contributed by atoms with Crippen molar-refractivity contribution in [1.82, 2.24) is 0 Å². The van der Waals surface area contributed by atoms with Crippen LogP contribution >= 0.6 is 0 Å². The molecule has 1 fully saturated rings. The van der Waals surface area contributed by atoms with Crippen LogP contribution in [-0.4, -0.2) is 6.61 Å². The van der Waals surface area contributed by atoms with Crippen LogP contribution in [0.1, 0.15) is 24.0 Å². The van der Waals surface area contributed by atoms with Crippen LogP contribution in [0, 0.1) is 12.7 Å². The quantitative estimate of drug-likeness (QED) is 0.749. The summed E-state index contributed by atoms with van der Waals surface area (Å²) in [5.74, 6) is 4.91. The summed E-state index contributed by atoms with van der Waals surface area (Å²) in [6.07, 6.45) is 1.92. The van der Waals surface area contributed by atoms with Gasteiger partial charge in [-0.3, -0.25) is 0 Å². The molecule has 14 heavy (non-hydrogen) atoms. The standard InChI is InChI=1S/C11H14FNO/c1-8-2-3-9(10(12)6-8)11(4-5-11)7-14-13/h2-3,6H,4-5,7,13H2,1H3. The lowest BCUT2D eigenvalue weighted by Crippen LogP contribution is -2.19. The molecule has 0 heterocycles. The first-order chi connectivity index (χ1) is 6.68. The maximum atomic E-state index is 13.6. The van der Waals surface area contributed by atoms with E-state index >= 15 is 0 Å². The summed E-state index contributed by atoms with van der Waals surface area (Å²) < 4.78 is 13.6. The molecular weight excluding hydrogens is 181 g/mol. The van der Waals surface area contributed by atoms with E-state index in [0.29, 0.717) is 6.61 Å². The monoisotopic (exact) mass is 195 g/mol. The second kappa shape index (κ2) is 3.33. The van der Waals surface area contributed by atoms with Gasteiger partial charge in [0.2, 0.25) is 0 Å². The van der Waals surface area contributed by atoms with E-state index in [1.54, 1.807) is 6.07 Å². The van der Waals surface area contributed by atoms with E-state index in [2.05, 4.69) is 4.84 Å². The second-order valence-electron chi connectivity index (χ2n) is 4.07. The largest absolute Gasteiger partial charge is 0.304 e. The van der Waals surface area contributed by atoms with Crippen molar-refractivity contribution in [3.63, 3.8) is 0 Å². The van der Waals surface area contributed by atoms with Gasteiger partial charge in [-0.2, -0.15) is 0 Å². The highest BCUT2D eigenvalue weighted by molar-refractivity contribution is 5.35. The van der Waals surface area contributed by atoms with Gasteiger partial charge in [-0.05, 0) is 37.0 Å². The molecule has 0 unspecified atom stereocenters. The van der Waals surface area contributed by atoms with Crippen LogP contribution in [0.15, 0.2) is 18.2 Å². The van der Waals surface area contributed by atoms with Crippen molar-refractivity contribution in [2.24, 2.45) is 5.90 Å².